The quantitative estimate of drug-likeness (QED) is 0.556. The molecule has 0 atom stereocenters. The molecule has 0 spiro atoms. The number of amides is 4. The monoisotopic (exact) mass is 432 g/mol. The lowest BCUT2D eigenvalue weighted by Crippen LogP contribution is -2.38. The molecule has 7 heteroatoms. The zero-order valence-electron chi connectivity index (χ0n) is 18.5. The van der Waals surface area contributed by atoms with E-state index in [-0.39, 0.29) is 12.2 Å². The summed E-state index contributed by atoms with van der Waals surface area (Å²) in [5.74, 6) is -0.936. The molecule has 2 aromatic rings. The van der Waals surface area contributed by atoms with Gasteiger partial charge in [-0.25, -0.2) is 9.69 Å². The molecule has 2 aromatic carbocycles. The number of carbonyl (C=O) groups is 3. The summed E-state index contributed by atoms with van der Waals surface area (Å²) in [5.41, 5.74) is 4.94. The van der Waals surface area contributed by atoms with Crippen LogP contribution in [0.25, 0.3) is 6.08 Å². The number of nitrogens with one attached hydrogen (secondary N) is 2. The van der Waals surface area contributed by atoms with Gasteiger partial charge in [-0.1, -0.05) is 23.8 Å². The van der Waals surface area contributed by atoms with Crippen molar-refractivity contribution in [3.63, 3.8) is 0 Å². The van der Waals surface area contributed by atoms with Crippen LogP contribution in [-0.2, 0) is 9.59 Å². The largest absolute Gasteiger partial charge is 0.372 e. The Morgan fingerprint density at radius 1 is 1.03 bits per heavy atom. The number of carbonyl (C=O) groups excluding carboxylic acids is 3. The number of piperidine rings is 1. The van der Waals surface area contributed by atoms with Gasteiger partial charge in [0.15, 0.2) is 0 Å². The van der Waals surface area contributed by atoms with Crippen LogP contribution in [0.1, 0.15) is 36.0 Å². The van der Waals surface area contributed by atoms with E-state index >= 15 is 0 Å². The van der Waals surface area contributed by atoms with Gasteiger partial charge in [0.25, 0.3) is 5.91 Å². The highest BCUT2D eigenvalue weighted by Gasteiger charge is 2.35. The van der Waals surface area contributed by atoms with Gasteiger partial charge in [-0.3, -0.25) is 9.59 Å². The van der Waals surface area contributed by atoms with Crippen molar-refractivity contribution >= 4 is 35.3 Å². The minimum absolute atomic E-state index is 0.173. The summed E-state index contributed by atoms with van der Waals surface area (Å²) < 4.78 is 0. The summed E-state index contributed by atoms with van der Waals surface area (Å²) in [7, 11) is 0. The molecule has 2 saturated heterocycles. The van der Waals surface area contributed by atoms with E-state index in [0.717, 1.165) is 34.7 Å². The van der Waals surface area contributed by atoms with Crippen LogP contribution >= 0.6 is 0 Å². The van der Waals surface area contributed by atoms with Gasteiger partial charge in [-0.15, -0.1) is 0 Å². The zero-order chi connectivity index (χ0) is 22.7. The second kappa shape index (κ2) is 9.26. The van der Waals surface area contributed by atoms with Crippen molar-refractivity contribution in [1.82, 2.24) is 10.2 Å². The third kappa shape index (κ3) is 4.82. The molecule has 2 aliphatic rings. The number of rotatable bonds is 5. The lowest BCUT2D eigenvalue weighted by molar-refractivity contribution is -0.127. The molecule has 0 saturated carbocycles. The van der Waals surface area contributed by atoms with Gasteiger partial charge in [0.05, 0.1) is 0 Å². The van der Waals surface area contributed by atoms with Crippen molar-refractivity contribution in [2.45, 2.75) is 33.1 Å². The third-order valence-corrected chi connectivity index (χ3v) is 5.87. The van der Waals surface area contributed by atoms with Gasteiger partial charge in [0.1, 0.15) is 12.2 Å². The SMILES string of the molecule is Cc1ccc(NC(=O)CN2C(=O)N/C(=C/c3ccc(N4CCCCC4)cc3C)C2=O)cc1. The smallest absolute Gasteiger partial charge is 0.329 e. The molecule has 166 valence electrons. The topological polar surface area (TPSA) is 81.8 Å². The summed E-state index contributed by atoms with van der Waals surface area (Å²) in [6.07, 6.45) is 5.37. The fourth-order valence-corrected chi connectivity index (χ4v) is 4.02. The molecule has 4 amide bonds. The van der Waals surface area contributed by atoms with E-state index < -0.39 is 17.8 Å². The van der Waals surface area contributed by atoms with Gasteiger partial charge >= 0.3 is 6.03 Å². The van der Waals surface area contributed by atoms with Crippen LogP contribution in [0.15, 0.2) is 48.2 Å². The molecule has 2 fully saturated rings. The molecule has 0 aliphatic carbocycles. The molecule has 2 heterocycles. The molecule has 0 unspecified atom stereocenters. The lowest BCUT2D eigenvalue weighted by Gasteiger charge is -2.29. The van der Waals surface area contributed by atoms with Crippen molar-refractivity contribution in [3.8, 4) is 0 Å². The van der Waals surface area contributed by atoms with Crippen LogP contribution < -0.4 is 15.5 Å². The molecular formula is C25H28N4O3. The number of hydrogen-bond donors (Lipinski definition) is 2. The standard InChI is InChI=1S/C25H28N4O3/c1-17-6-9-20(10-7-17)26-23(30)16-29-24(31)22(27-25(29)32)15-19-8-11-21(14-18(19)2)28-12-4-3-5-13-28/h6-11,14-15H,3-5,12-13,16H2,1-2H3,(H,26,30)(H,27,32)/b22-15+. The fraction of sp³-hybridized carbons (Fsp3) is 0.320. The van der Waals surface area contributed by atoms with Crippen molar-refractivity contribution < 1.29 is 14.4 Å². The molecule has 0 radical (unpaired) electrons. The summed E-state index contributed by atoms with van der Waals surface area (Å²) in [4.78, 5) is 40.7. The van der Waals surface area contributed by atoms with Crippen LogP contribution in [-0.4, -0.2) is 42.4 Å². The number of imide groups is 1. The van der Waals surface area contributed by atoms with Gasteiger partial charge in [-0.2, -0.15) is 0 Å². The van der Waals surface area contributed by atoms with E-state index in [0.29, 0.717) is 5.69 Å². The number of aryl methyl sites for hydroxylation is 2. The van der Waals surface area contributed by atoms with E-state index in [1.165, 1.54) is 24.9 Å². The van der Waals surface area contributed by atoms with E-state index in [1.54, 1.807) is 18.2 Å². The predicted octanol–water partition coefficient (Wildman–Crippen LogP) is 3.83. The maximum absolute atomic E-state index is 12.8. The minimum Gasteiger partial charge on any atom is -0.372 e. The zero-order valence-corrected chi connectivity index (χ0v) is 18.5. The normalized spacial score (nSPS) is 17.6. The van der Waals surface area contributed by atoms with Crippen molar-refractivity contribution in [2.24, 2.45) is 0 Å². The van der Waals surface area contributed by atoms with Crippen LogP contribution in [0, 0.1) is 13.8 Å². The highest BCUT2D eigenvalue weighted by atomic mass is 16.2. The summed E-state index contributed by atoms with van der Waals surface area (Å²) in [6.45, 7) is 5.73. The Balaban J connectivity index is 1.43. The second-order valence-corrected chi connectivity index (χ2v) is 8.38. The van der Waals surface area contributed by atoms with Crippen molar-refractivity contribution in [2.75, 3.05) is 29.9 Å². The van der Waals surface area contributed by atoms with Crippen molar-refractivity contribution in [3.05, 3.63) is 64.9 Å². The van der Waals surface area contributed by atoms with Gasteiger partial charge in [0.2, 0.25) is 5.91 Å². The van der Waals surface area contributed by atoms with Crippen molar-refractivity contribution in [1.29, 1.82) is 0 Å². The highest BCUT2D eigenvalue weighted by molar-refractivity contribution is 6.16. The van der Waals surface area contributed by atoms with Crippen LogP contribution in [0.4, 0.5) is 16.2 Å². The van der Waals surface area contributed by atoms with Crippen LogP contribution in [0.3, 0.4) is 0 Å². The first-order chi connectivity index (χ1) is 15.4. The lowest BCUT2D eigenvalue weighted by atomic mass is 10.0. The number of hydrogen-bond acceptors (Lipinski definition) is 4. The van der Waals surface area contributed by atoms with Gasteiger partial charge in [0, 0.05) is 24.5 Å². The predicted molar refractivity (Wildman–Crippen MR) is 125 cm³/mol. The summed E-state index contributed by atoms with van der Waals surface area (Å²) in [5, 5.41) is 5.30. The van der Waals surface area contributed by atoms with E-state index in [2.05, 4.69) is 27.7 Å². The first-order valence-corrected chi connectivity index (χ1v) is 11.0. The first kappa shape index (κ1) is 21.6. The van der Waals surface area contributed by atoms with Crippen LogP contribution in [0.5, 0.6) is 0 Å². The Kier molecular flexibility index (Phi) is 6.25. The van der Waals surface area contributed by atoms with E-state index in [4.69, 9.17) is 0 Å². The highest BCUT2D eigenvalue weighted by Crippen LogP contribution is 2.24. The average Bonchev–Trinajstić information content (AvgIpc) is 3.04. The number of urea groups is 1. The molecule has 32 heavy (non-hydrogen) atoms. The maximum Gasteiger partial charge on any atom is 0.329 e. The summed E-state index contributed by atoms with van der Waals surface area (Å²) in [6, 6.07) is 12.9. The molecular weight excluding hydrogens is 404 g/mol. The Bertz CT molecular complexity index is 1070. The number of anilines is 2. The molecule has 0 aromatic heterocycles. The van der Waals surface area contributed by atoms with Gasteiger partial charge < -0.3 is 15.5 Å². The maximum atomic E-state index is 12.8. The van der Waals surface area contributed by atoms with E-state index in [1.807, 2.05) is 32.0 Å². The molecule has 0 bridgehead atoms. The Morgan fingerprint density at radius 2 is 1.75 bits per heavy atom. The Hall–Kier alpha value is -3.61. The number of nitrogens with zero attached hydrogens (tertiary/aromatic N) is 2. The molecule has 2 aliphatic heterocycles. The molecule has 7 nitrogen and oxygen atoms in total. The minimum atomic E-state index is -0.595. The first-order valence-electron chi connectivity index (χ1n) is 11.0. The fourth-order valence-electron chi connectivity index (χ4n) is 4.02. The third-order valence-electron chi connectivity index (χ3n) is 5.87. The molecule has 2 N–H and O–H groups in total. The average molecular weight is 433 g/mol. The Morgan fingerprint density at radius 3 is 2.44 bits per heavy atom. The number of benzene rings is 2. The Labute approximate surface area is 188 Å². The van der Waals surface area contributed by atoms with Gasteiger partial charge in [-0.05, 0) is 74.6 Å². The van der Waals surface area contributed by atoms with E-state index in [9.17, 15) is 14.4 Å². The molecule has 4 rings (SSSR count). The second-order valence-electron chi connectivity index (χ2n) is 8.38. The summed E-state index contributed by atoms with van der Waals surface area (Å²) >= 11 is 0. The van der Waals surface area contributed by atoms with Crippen LogP contribution in [0.2, 0.25) is 0 Å².